The number of alkyl halides is 1. The highest BCUT2D eigenvalue weighted by Gasteiger charge is 2.25. The number of aromatic nitrogens is 2. The monoisotopic (exact) mass is 362 g/mol. The Bertz CT molecular complexity index is 710. The second-order valence-corrected chi connectivity index (χ2v) is 6.11. The van der Waals surface area contributed by atoms with Crippen molar-refractivity contribution in [1.29, 1.82) is 0 Å². The summed E-state index contributed by atoms with van der Waals surface area (Å²) in [4.78, 5) is 13.5. The molecule has 1 aliphatic rings. The zero-order valence-electron chi connectivity index (χ0n) is 12.8. The van der Waals surface area contributed by atoms with Gasteiger partial charge in [-0.2, -0.15) is 5.10 Å². The predicted molar refractivity (Wildman–Crippen MR) is 90.4 cm³/mol. The Morgan fingerprint density at radius 1 is 1.45 bits per heavy atom. The third-order valence-electron chi connectivity index (χ3n) is 4.03. The molecule has 116 valence electrons. The summed E-state index contributed by atoms with van der Waals surface area (Å²) in [6, 6.07) is 8.22. The van der Waals surface area contributed by atoms with E-state index in [1.807, 2.05) is 28.8 Å². The largest absolute Gasteiger partial charge is 0.338 e. The summed E-state index contributed by atoms with van der Waals surface area (Å²) in [5.74, 6) is 0.955. The number of amides is 1. The van der Waals surface area contributed by atoms with Crippen molar-refractivity contribution in [2.75, 3.05) is 11.9 Å². The molecular weight excluding hydrogens is 344 g/mol. The van der Waals surface area contributed by atoms with E-state index in [4.69, 9.17) is 0 Å². The molecule has 2 aromatic rings. The molecule has 1 aromatic carbocycles. The molecule has 22 heavy (non-hydrogen) atoms. The number of benzene rings is 1. The summed E-state index contributed by atoms with van der Waals surface area (Å²) >= 11 is 3.47. The Morgan fingerprint density at radius 3 is 3.00 bits per heavy atom. The number of carbonyl (C=O) groups excluding carboxylic acids is 1. The van der Waals surface area contributed by atoms with Gasteiger partial charge < -0.3 is 10.2 Å². The van der Waals surface area contributed by atoms with Crippen LogP contribution in [0.25, 0.3) is 0 Å². The second kappa shape index (κ2) is 6.12. The highest BCUT2D eigenvalue weighted by atomic mass is 79.9. The number of nitrogens with one attached hydrogen (secondary N) is 1. The molecule has 0 atom stereocenters. The number of fused-ring (bicyclic) bond motifs is 1. The molecule has 1 aliphatic heterocycles. The lowest BCUT2D eigenvalue weighted by atomic mass is 10.1. The molecule has 0 radical (unpaired) electrons. The van der Waals surface area contributed by atoms with E-state index in [0.29, 0.717) is 6.54 Å². The number of rotatable bonds is 3. The SMILES string of the molecule is CC(=O)N1CCc2c(c(Nc3cccc(CBr)c3)nn2C)C1. The van der Waals surface area contributed by atoms with Gasteiger partial charge in [-0.05, 0) is 17.7 Å². The second-order valence-electron chi connectivity index (χ2n) is 5.55. The van der Waals surface area contributed by atoms with Crippen LogP contribution in [0.2, 0.25) is 0 Å². The molecule has 1 N–H and O–H groups in total. The van der Waals surface area contributed by atoms with Gasteiger partial charge in [0.1, 0.15) is 0 Å². The minimum Gasteiger partial charge on any atom is -0.338 e. The Balaban J connectivity index is 1.90. The Kier molecular flexibility index (Phi) is 4.20. The van der Waals surface area contributed by atoms with Crippen molar-refractivity contribution in [3.63, 3.8) is 0 Å². The number of aryl methyl sites for hydroxylation is 1. The van der Waals surface area contributed by atoms with Crippen molar-refractivity contribution in [3.05, 3.63) is 41.1 Å². The van der Waals surface area contributed by atoms with Gasteiger partial charge in [0.05, 0.1) is 6.54 Å². The Morgan fingerprint density at radius 2 is 2.27 bits per heavy atom. The highest BCUT2D eigenvalue weighted by molar-refractivity contribution is 9.08. The molecule has 5 nitrogen and oxygen atoms in total. The third-order valence-corrected chi connectivity index (χ3v) is 4.68. The molecular formula is C16H19BrN4O. The van der Waals surface area contributed by atoms with E-state index in [2.05, 4.69) is 38.5 Å². The summed E-state index contributed by atoms with van der Waals surface area (Å²) in [7, 11) is 1.96. The normalized spacial score (nSPS) is 13.9. The molecule has 1 aromatic heterocycles. The van der Waals surface area contributed by atoms with Gasteiger partial charge in [-0.15, -0.1) is 0 Å². The van der Waals surface area contributed by atoms with Crippen LogP contribution in [0.5, 0.6) is 0 Å². The van der Waals surface area contributed by atoms with Crippen molar-refractivity contribution in [2.45, 2.75) is 25.2 Å². The van der Waals surface area contributed by atoms with Crippen LogP contribution in [0.15, 0.2) is 24.3 Å². The first-order valence-corrected chi connectivity index (χ1v) is 8.43. The van der Waals surface area contributed by atoms with Crippen molar-refractivity contribution >= 4 is 33.3 Å². The minimum absolute atomic E-state index is 0.113. The maximum Gasteiger partial charge on any atom is 0.219 e. The maximum absolute atomic E-state index is 11.6. The van der Waals surface area contributed by atoms with E-state index in [1.54, 1.807) is 6.92 Å². The fraction of sp³-hybridized carbons (Fsp3) is 0.375. The van der Waals surface area contributed by atoms with Crippen LogP contribution in [0.3, 0.4) is 0 Å². The number of hydrogen-bond acceptors (Lipinski definition) is 3. The van der Waals surface area contributed by atoms with Crippen molar-refractivity contribution in [1.82, 2.24) is 14.7 Å². The molecule has 3 rings (SSSR count). The van der Waals surface area contributed by atoms with Gasteiger partial charge in [-0.3, -0.25) is 9.48 Å². The third kappa shape index (κ3) is 2.88. The zero-order valence-corrected chi connectivity index (χ0v) is 14.4. The van der Waals surface area contributed by atoms with Crippen molar-refractivity contribution in [2.24, 2.45) is 7.05 Å². The summed E-state index contributed by atoms with van der Waals surface area (Å²) in [6.07, 6.45) is 0.849. The van der Waals surface area contributed by atoms with Gasteiger partial charge in [0.25, 0.3) is 0 Å². The number of nitrogens with zero attached hydrogens (tertiary/aromatic N) is 3. The minimum atomic E-state index is 0.113. The average molecular weight is 363 g/mol. The summed E-state index contributed by atoms with van der Waals surface area (Å²) in [6.45, 7) is 3.01. The smallest absolute Gasteiger partial charge is 0.219 e. The molecule has 0 aliphatic carbocycles. The van der Waals surface area contributed by atoms with Crippen LogP contribution < -0.4 is 5.32 Å². The number of anilines is 2. The Labute approximate surface area is 138 Å². The van der Waals surface area contributed by atoms with E-state index in [0.717, 1.165) is 35.4 Å². The van der Waals surface area contributed by atoms with Gasteiger partial charge in [-0.25, -0.2) is 0 Å². The first-order valence-electron chi connectivity index (χ1n) is 7.30. The van der Waals surface area contributed by atoms with Gasteiger partial charge >= 0.3 is 0 Å². The first-order chi connectivity index (χ1) is 10.6. The Hall–Kier alpha value is -1.82. The van der Waals surface area contributed by atoms with Crippen LogP contribution in [0, 0.1) is 0 Å². The van der Waals surface area contributed by atoms with E-state index >= 15 is 0 Å². The molecule has 6 heteroatoms. The number of hydrogen-bond donors (Lipinski definition) is 1. The predicted octanol–water partition coefficient (Wildman–Crippen LogP) is 2.96. The van der Waals surface area contributed by atoms with Crippen LogP contribution in [0.1, 0.15) is 23.7 Å². The molecule has 1 amide bonds. The maximum atomic E-state index is 11.6. The number of carbonyl (C=O) groups is 1. The van der Waals surface area contributed by atoms with Crippen molar-refractivity contribution < 1.29 is 4.79 Å². The molecule has 0 spiro atoms. The molecule has 0 fully saturated rings. The van der Waals surface area contributed by atoms with E-state index in [1.165, 1.54) is 11.3 Å². The summed E-state index contributed by atoms with van der Waals surface area (Å²) < 4.78 is 1.92. The number of halogens is 1. The van der Waals surface area contributed by atoms with Crippen LogP contribution in [-0.2, 0) is 30.1 Å². The van der Waals surface area contributed by atoms with Crippen LogP contribution >= 0.6 is 15.9 Å². The van der Waals surface area contributed by atoms with Crippen LogP contribution in [0.4, 0.5) is 11.5 Å². The molecule has 0 saturated heterocycles. The first kappa shape index (κ1) is 15.1. The summed E-state index contributed by atoms with van der Waals surface area (Å²) in [5.41, 5.74) is 4.54. The quantitative estimate of drug-likeness (QED) is 0.853. The molecule has 0 bridgehead atoms. The lowest BCUT2D eigenvalue weighted by molar-refractivity contribution is -0.129. The zero-order chi connectivity index (χ0) is 15.7. The topological polar surface area (TPSA) is 50.2 Å². The van der Waals surface area contributed by atoms with E-state index in [9.17, 15) is 4.79 Å². The summed E-state index contributed by atoms with van der Waals surface area (Å²) in [5, 5.41) is 8.81. The van der Waals surface area contributed by atoms with Crippen LogP contribution in [-0.4, -0.2) is 27.1 Å². The standard InChI is InChI=1S/C16H19BrN4O/c1-11(22)21-7-6-15-14(10-21)16(19-20(15)2)18-13-5-3-4-12(8-13)9-17/h3-5,8H,6-7,9-10H2,1-2H3,(H,18,19). The lowest BCUT2D eigenvalue weighted by Crippen LogP contribution is -2.34. The van der Waals surface area contributed by atoms with Crippen molar-refractivity contribution in [3.8, 4) is 0 Å². The van der Waals surface area contributed by atoms with E-state index < -0.39 is 0 Å². The van der Waals surface area contributed by atoms with Gasteiger partial charge in [0.2, 0.25) is 5.91 Å². The van der Waals surface area contributed by atoms with E-state index in [-0.39, 0.29) is 5.91 Å². The average Bonchev–Trinajstić information content (AvgIpc) is 2.83. The fourth-order valence-corrected chi connectivity index (χ4v) is 3.18. The molecule has 0 saturated carbocycles. The lowest BCUT2D eigenvalue weighted by Gasteiger charge is -2.26. The highest BCUT2D eigenvalue weighted by Crippen LogP contribution is 2.28. The molecule has 2 heterocycles. The van der Waals surface area contributed by atoms with Gasteiger partial charge in [0.15, 0.2) is 5.82 Å². The van der Waals surface area contributed by atoms with Gasteiger partial charge in [-0.1, -0.05) is 28.1 Å². The van der Waals surface area contributed by atoms with Gasteiger partial charge in [0, 0.05) is 49.2 Å². The molecule has 0 unspecified atom stereocenters. The fourth-order valence-electron chi connectivity index (χ4n) is 2.83.